The van der Waals surface area contributed by atoms with Gasteiger partial charge >= 0.3 is 0 Å². The molecule has 1 unspecified atom stereocenters. The lowest BCUT2D eigenvalue weighted by atomic mass is 9.87. The van der Waals surface area contributed by atoms with E-state index in [1.807, 2.05) is 0 Å². The normalized spacial score (nSPS) is 22.4. The molecule has 2 heterocycles. The molecule has 1 atom stereocenters. The van der Waals surface area contributed by atoms with Crippen molar-refractivity contribution in [2.24, 2.45) is 5.92 Å². The predicted octanol–water partition coefficient (Wildman–Crippen LogP) is 2.18. The molecule has 1 fully saturated rings. The second kappa shape index (κ2) is 6.08. The minimum Gasteiger partial charge on any atom is -0.341 e. The first-order chi connectivity index (χ1) is 9.72. The summed E-state index contributed by atoms with van der Waals surface area (Å²) < 4.78 is 0. The Labute approximate surface area is 122 Å². The van der Waals surface area contributed by atoms with Crippen LogP contribution in [-0.4, -0.2) is 35.6 Å². The first-order valence-electron chi connectivity index (χ1n) is 8.05. The third-order valence-electron chi connectivity index (χ3n) is 4.44. The van der Waals surface area contributed by atoms with Crippen LogP contribution in [0.3, 0.4) is 0 Å². The molecule has 0 radical (unpaired) electrons. The van der Waals surface area contributed by atoms with Gasteiger partial charge in [-0.05, 0) is 50.1 Å². The molecule has 0 spiro atoms. The molecule has 2 aliphatic rings. The Morgan fingerprint density at radius 2 is 2.15 bits per heavy atom. The van der Waals surface area contributed by atoms with E-state index in [9.17, 15) is 0 Å². The lowest BCUT2D eigenvalue weighted by Gasteiger charge is -2.26. The van der Waals surface area contributed by atoms with E-state index >= 15 is 0 Å². The highest BCUT2D eigenvalue weighted by Gasteiger charge is 2.22. The van der Waals surface area contributed by atoms with Crippen LogP contribution in [0, 0.1) is 5.92 Å². The summed E-state index contributed by atoms with van der Waals surface area (Å²) in [6, 6.07) is 0.574. The molecule has 110 valence electrons. The van der Waals surface area contributed by atoms with Crippen molar-refractivity contribution in [3.63, 3.8) is 0 Å². The molecule has 1 aliphatic carbocycles. The Morgan fingerprint density at radius 3 is 2.90 bits per heavy atom. The van der Waals surface area contributed by atoms with Crippen molar-refractivity contribution in [1.82, 2.24) is 15.3 Å². The third-order valence-corrected chi connectivity index (χ3v) is 4.44. The zero-order chi connectivity index (χ0) is 13.9. The summed E-state index contributed by atoms with van der Waals surface area (Å²) in [5.41, 5.74) is 2.66. The average molecular weight is 274 g/mol. The van der Waals surface area contributed by atoms with Gasteiger partial charge in [-0.25, -0.2) is 9.97 Å². The fourth-order valence-electron chi connectivity index (χ4n) is 3.22. The van der Waals surface area contributed by atoms with Crippen molar-refractivity contribution in [2.45, 2.75) is 52.0 Å². The molecule has 0 amide bonds. The summed E-state index contributed by atoms with van der Waals surface area (Å²) in [7, 11) is 0. The van der Waals surface area contributed by atoms with Crippen molar-refractivity contribution in [2.75, 3.05) is 24.5 Å². The fraction of sp³-hybridized carbons (Fsp3) is 0.750. The van der Waals surface area contributed by atoms with E-state index < -0.39 is 0 Å². The standard InChI is InChI=1S/C16H26N4/c1-12(2)17-10-13-5-6-15-14(9-13)11-18-16(19-15)20-7-3-4-8-20/h11-13,17H,3-10H2,1-2H3. The highest BCUT2D eigenvalue weighted by Crippen LogP contribution is 2.25. The van der Waals surface area contributed by atoms with Crippen molar-refractivity contribution < 1.29 is 0 Å². The lowest BCUT2D eigenvalue weighted by Crippen LogP contribution is -2.32. The maximum absolute atomic E-state index is 4.82. The largest absolute Gasteiger partial charge is 0.341 e. The fourth-order valence-corrected chi connectivity index (χ4v) is 3.22. The topological polar surface area (TPSA) is 41.1 Å². The first-order valence-corrected chi connectivity index (χ1v) is 8.05. The van der Waals surface area contributed by atoms with Crippen LogP contribution in [0.25, 0.3) is 0 Å². The van der Waals surface area contributed by atoms with Crippen molar-refractivity contribution in [3.05, 3.63) is 17.5 Å². The van der Waals surface area contributed by atoms with Gasteiger partial charge in [-0.1, -0.05) is 13.8 Å². The van der Waals surface area contributed by atoms with Crippen molar-refractivity contribution in [3.8, 4) is 0 Å². The molecule has 1 N–H and O–H groups in total. The van der Waals surface area contributed by atoms with E-state index in [4.69, 9.17) is 4.98 Å². The van der Waals surface area contributed by atoms with Gasteiger partial charge in [-0.15, -0.1) is 0 Å². The zero-order valence-corrected chi connectivity index (χ0v) is 12.7. The van der Waals surface area contributed by atoms with Gasteiger partial charge in [0, 0.05) is 31.0 Å². The quantitative estimate of drug-likeness (QED) is 0.913. The van der Waals surface area contributed by atoms with Crippen LogP contribution in [0.15, 0.2) is 6.20 Å². The number of hydrogen-bond donors (Lipinski definition) is 1. The summed E-state index contributed by atoms with van der Waals surface area (Å²) in [4.78, 5) is 11.7. The van der Waals surface area contributed by atoms with Gasteiger partial charge in [-0.3, -0.25) is 0 Å². The van der Waals surface area contributed by atoms with Crippen molar-refractivity contribution in [1.29, 1.82) is 0 Å². The summed E-state index contributed by atoms with van der Waals surface area (Å²) in [5, 5.41) is 3.55. The summed E-state index contributed by atoms with van der Waals surface area (Å²) in [6.07, 6.45) is 8.14. The Bertz CT molecular complexity index is 452. The number of nitrogens with zero attached hydrogens (tertiary/aromatic N) is 3. The second-order valence-corrected chi connectivity index (χ2v) is 6.51. The number of fused-ring (bicyclic) bond motifs is 1. The van der Waals surface area contributed by atoms with Gasteiger partial charge in [-0.2, -0.15) is 0 Å². The van der Waals surface area contributed by atoms with E-state index in [0.29, 0.717) is 6.04 Å². The van der Waals surface area contributed by atoms with Gasteiger partial charge < -0.3 is 10.2 Å². The maximum Gasteiger partial charge on any atom is 0.225 e. The van der Waals surface area contributed by atoms with Crippen LogP contribution in [-0.2, 0) is 12.8 Å². The molecule has 20 heavy (non-hydrogen) atoms. The highest BCUT2D eigenvalue weighted by atomic mass is 15.3. The number of hydrogen-bond acceptors (Lipinski definition) is 4. The van der Waals surface area contributed by atoms with Gasteiger partial charge in [0.15, 0.2) is 0 Å². The number of anilines is 1. The van der Waals surface area contributed by atoms with Crippen LogP contribution < -0.4 is 10.2 Å². The van der Waals surface area contributed by atoms with Crippen LogP contribution >= 0.6 is 0 Å². The molecule has 1 aliphatic heterocycles. The van der Waals surface area contributed by atoms with Gasteiger partial charge in [0.1, 0.15) is 0 Å². The predicted molar refractivity (Wildman–Crippen MR) is 82.1 cm³/mol. The number of rotatable bonds is 4. The smallest absolute Gasteiger partial charge is 0.225 e. The molecule has 3 rings (SSSR count). The minimum atomic E-state index is 0.574. The Hall–Kier alpha value is -1.16. The average Bonchev–Trinajstić information content (AvgIpc) is 2.98. The van der Waals surface area contributed by atoms with Crippen LogP contribution in [0.5, 0.6) is 0 Å². The SMILES string of the molecule is CC(C)NCC1CCc2nc(N3CCCC3)ncc2C1. The monoisotopic (exact) mass is 274 g/mol. The van der Waals surface area contributed by atoms with Gasteiger partial charge in [0.05, 0.1) is 0 Å². The van der Waals surface area contributed by atoms with Crippen molar-refractivity contribution >= 4 is 5.95 Å². The third kappa shape index (κ3) is 3.11. The molecule has 4 nitrogen and oxygen atoms in total. The molecule has 4 heteroatoms. The van der Waals surface area contributed by atoms with E-state index in [0.717, 1.165) is 44.3 Å². The Kier molecular flexibility index (Phi) is 4.20. The number of aryl methyl sites for hydroxylation is 1. The molecule has 0 saturated carbocycles. The Balaban J connectivity index is 1.65. The zero-order valence-electron chi connectivity index (χ0n) is 12.7. The number of aromatic nitrogens is 2. The first kappa shape index (κ1) is 13.8. The van der Waals surface area contributed by atoms with E-state index in [-0.39, 0.29) is 0 Å². The van der Waals surface area contributed by atoms with Crippen LogP contribution in [0.2, 0.25) is 0 Å². The van der Waals surface area contributed by atoms with Crippen LogP contribution in [0.4, 0.5) is 5.95 Å². The molecule has 1 saturated heterocycles. The lowest BCUT2D eigenvalue weighted by molar-refractivity contribution is 0.402. The summed E-state index contributed by atoms with van der Waals surface area (Å²) >= 11 is 0. The highest BCUT2D eigenvalue weighted by molar-refractivity contribution is 5.35. The van der Waals surface area contributed by atoms with Gasteiger partial charge in [0.25, 0.3) is 0 Å². The maximum atomic E-state index is 4.82. The van der Waals surface area contributed by atoms with Crippen LogP contribution in [0.1, 0.15) is 44.4 Å². The molecule has 1 aromatic heterocycles. The second-order valence-electron chi connectivity index (χ2n) is 6.51. The molecular weight excluding hydrogens is 248 g/mol. The molecule has 1 aromatic rings. The molecule has 0 bridgehead atoms. The minimum absolute atomic E-state index is 0.574. The van der Waals surface area contributed by atoms with E-state index in [2.05, 4.69) is 35.2 Å². The van der Waals surface area contributed by atoms with Gasteiger partial charge in [0.2, 0.25) is 5.95 Å². The van der Waals surface area contributed by atoms with E-state index in [1.165, 1.54) is 30.5 Å². The summed E-state index contributed by atoms with van der Waals surface area (Å²) in [5.74, 6) is 1.70. The summed E-state index contributed by atoms with van der Waals surface area (Å²) in [6.45, 7) is 7.79. The van der Waals surface area contributed by atoms with E-state index in [1.54, 1.807) is 0 Å². The molecule has 0 aromatic carbocycles. The Morgan fingerprint density at radius 1 is 1.35 bits per heavy atom. The number of nitrogens with one attached hydrogen (secondary N) is 1. The molecular formula is C16H26N4.